The van der Waals surface area contributed by atoms with Crippen LogP contribution < -0.4 is 4.90 Å². The highest BCUT2D eigenvalue weighted by Gasteiger charge is 2.26. The summed E-state index contributed by atoms with van der Waals surface area (Å²) in [5, 5.41) is 0.536. The second kappa shape index (κ2) is 12.0. The number of sulfone groups is 1. The zero-order valence-electron chi connectivity index (χ0n) is 18.4. The minimum Gasteiger partial charge on any atom is -0.302 e. The second-order valence-electron chi connectivity index (χ2n) is 6.97. The number of carbonyl (C=O) groups is 1. The molecule has 1 heterocycles. The van der Waals surface area contributed by atoms with Crippen LogP contribution in [0.3, 0.4) is 0 Å². The summed E-state index contributed by atoms with van der Waals surface area (Å²) in [6.45, 7) is 6.89. The third kappa shape index (κ3) is 6.45. The van der Waals surface area contributed by atoms with Gasteiger partial charge < -0.3 is 4.90 Å². The first-order valence-corrected chi connectivity index (χ1v) is 13.8. The third-order valence-corrected chi connectivity index (χ3v) is 8.45. The number of anilines is 1. The Morgan fingerprint density at radius 3 is 2.38 bits per heavy atom. The number of nitrogens with zero attached hydrogens (tertiary/aromatic N) is 3. The van der Waals surface area contributed by atoms with Gasteiger partial charge in [-0.25, -0.2) is 13.4 Å². The Balaban J connectivity index is 0.00000363. The van der Waals surface area contributed by atoms with E-state index in [4.69, 9.17) is 0 Å². The summed E-state index contributed by atoms with van der Waals surface area (Å²) in [6, 6.07) is 14.1. The average molecular weight is 514 g/mol. The topological polar surface area (TPSA) is 70.6 Å². The van der Waals surface area contributed by atoms with Gasteiger partial charge in [0.05, 0.1) is 15.1 Å². The van der Waals surface area contributed by atoms with E-state index in [2.05, 4.69) is 29.8 Å². The molecular weight excluding hydrogens is 486 g/mol. The van der Waals surface area contributed by atoms with Crippen molar-refractivity contribution in [3.05, 3.63) is 48.5 Å². The first kappa shape index (κ1) is 26.6. The minimum absolute atomic E-state index is 0. The van der Waals surface area contributed by atoms with Crippen molar-refractivity contribution in [1.29, 1.82) is 0 Å². The van der Waals surface area contributed by atoms with Gasteiger partial charge in [-0.15, -0.1) is 24.2 Å². The Hall–Kier alpha value is -1.65. The van der Waals surface area contributed by atoms with E-state index in [1.807, 2.05) is 18.4 Å². The Morgan fingerprint density at radius 1 is 1.06 bits per heavy atom. The van der Waals surface area contributed by atoms with E-state index in [0.29, 0.717) is 18.2 Å². The van der Waals surface area contributed by atoms with E-state index in [1.165, 1.54) is 28.4 Å². The normalized spacial score (nSPS) is 11.5. The second-order valence-corrected chi connectivity index (χ2v) is 10.9. The molecule has 32 heavy (non-hydrogen) atoms. The van der Waals surface area contributed by atoms with Gasteiger partial charge in [-0.05, 0) is 49.7 Å². The molecule has 0 aliphatic rings. The number of rotatable bonds is 10. The summed E-state index contributed by atoms with van der Waals surface area (Å²) >= 11 is 3.06. The van der Waals surface area contributed by atoms with Crippen LogP contribution >= 0.6 is 35.5 Å². The Morgan fingerprint density at radius 2 is 1.75 bits per heavy atom. The number of amides is 1. The van der Waals surface area contributed by atoms with Crippen LogP contribution in [0.15, 0.2) is 58.3 Å². The number of hydrogen-bond acceptors (Lipinski definition) is 7. The van der Waals surface area contributed by atoms with Crippen molar-refractivity contribution < 1.29 is 13.2 Å². The van der Waals surface area contributed by atoms with E-state index in [1.54, 1.807) is 30.0 Å². The van der Waals surface area contributed by atoms with Gasteiger partial charge in [0.25, 0.3) is 0 Å². The van der Waals surface area contributed by atoms with Crippen molar-refractivity contribution in [1.82, 2.24) is 9.88 Å². The first-order valence-electron chi connectivity index (χ1n) is 10.1. The predicted octanol–water partition coefficient (Wildman–Crippen LogP) is 4.59. The maximum Gasteiger partial charge on any atom is 0.244 e. The van der Waals surface area contributed by atoms with Crippen LogP contribution in [0.25, 0.3) is 10.2 Å². The standard InChI is InChI=1S/C22H27N3O3S3.ClH/c1-4-24(5-2)13-14-25(21(26)16-31(27,28)18-9-7-6-8-10-18)22-23-19-12-11-17(29-3)15-20(19)30-22;/h6-12,15H,4-5,13-14,16H2,1-3H3;1H. The van der Waals surface area contributed by atoms with Gasteiger partial charge in [0.1, 0.15) is 5.75 Å². The molecule has 0 radical (unpaired) electrons. The fourth-order valence-electron chi connectivity index (χ4n) is 3.20. The maximum absolute atomic E-state index is 13.2. The van der Waals surface area contributed by atoms with Crippen LogP contribution in [0, 0.1) is 0 Å². The number of fused-ring (bicyclic) bond motifs is 1. The Bertz CT molecular complexity index is 1130. The smallest absolute Gasteiger partial charge is 0.244 e. The minimum atomic E-state index is -3.73. The van der Waals surface area contributed by atoms with Gasteiger partial charge in [-0.3, -0.25) is 9.69 Å². The van der Waals surface area contributed by atoms with Crippen LogP contribution in [0.5, 0.6) is 0 Å². The van der Waals surface area contributed by atoms with E-state index >= 15 is 0 Å². The van der Waals surface area contributed by atoms with Gasteiger partial charge in [0, 0.05) is 18.0 Å². The molecule has 1 amide bonds. The number of thiazole rings is 1. The number of likely N-dealkylation sites (N-methyl/N-ethyl adjacent to an activating group) is 1. The molecule has 0 spiro atoms. The van der Waals surface area contributed by atoms with Crippen molar-refractivity contribution in [3.63, 3.8) is 0 Å². The van der Waals surface area contributed by atoms with Gasteiger partial charge in [-0.2, -0.15) is 0 Å². The number of benzene rings is 2. The quantitative estimate of drug-likeness (QED) is 0.369. The molecule has 3 rings (SSSR count). The van der Waals surface area contributed by atoms with Gasteiger partial charge >= 0.3 is 0 Å². The van der Waals surface area contributed by atoms with Crippen molar-refractivity contribution in [2.75, 3.05) is 43.1 Å². The number of carbonyl (C=O) groups excluding carboxylic acids is 1. The molecule has 0 aliphatic heterocycles. The van der Waals surface area contributed by atoms with Gasteiger partial charge in [0.2, 0.25) is 5.91 Å². The van der Waals surface area contributed by atoms with Crippen molar-refractivity contribution in [2.24, 2.45) is 0 Å². The lowest BCUT2D eigenvalue weighted by molar-refractivity contribution is -0.116. The fourth-order valence-corrected chi connectivity index (χ4v) is 5.98. The van der Waals surface area contributed by atoms with Crippen LogP contribution in [-0.4, -0.2) is 62.4 Å². The molecule has 0 bridgehead atoms. The average Bonchev–Trinajstić information content (AvgIpc) is 3.19. The van der Waals surface area contributed by atoms with E-state index in [-0.39, 0.29) is 17.3 Å². The SMILES string of the molecule is CCN(CC)CCN(C(=O)CS(=O)(=O)c1ccccc1)c1nc2ccc(SC)cc2s1.Cl. The van der Waals surface area contributed by atoms with Gasteiger partial charge in [0.15, 0.2) is 15.0 Å². The first-order chi connectivity index (χ1) is 14.9. The highest BCUT2D eigenvalue weighted by Crippen LogP contribution is 2.32. The molecule has 0 saturated carbocycles. The number of thioether (sulfide) groups is 1. The van der Waals surface area contributed by atoms with E-state index in [9.17, 15) is 13.2 Å². The summed E-state index contributed by atoms with van der Waals surface area (Å²) < 4.78 is 26.6. The van der Waals surface area contributed by atoms with Crippen molar-refractivity contribution >= 4 is 66.6 Å². The van der Waals surface area contributed by atoms with E-state index < -0.39 is 21.5 Å². The molecule has 2 aromatic carbocycles. The number of hydrogen-bond donors (Lipinski definition) is 0. The van der Waals surface area contributed by atoms with Crippen molar-refractivity contribution in [2.45, 2.75) is 23.6 Å². The zero-order valence-corrected chi connectivity index (χ0v) is 21.6. The highest BCUT2D eigenvalue weighted by atomic mass is 35.5. The molecule has 0 N–H and O–H groups in total. The molecule has 0 unspecified atom stereocenters. The summed E-state index contributed by atoms with van der Waals surface area (Å²) in [4.78, 5) is 22.9. The largest absolute Gasteiger partial charge is 0.302 e. The molecule has 0 saturated heterocycles. The highest BCUT2D eigenvalue weighted by molar-refractivity contribution is 7.98. The molecule has 10 heteroatoms. The predicted molar refractivity (Wildman–Crippen MR) is 137 cm³/mol. The fraction of sp³-hybridized carbons (Fsp3) is 0.364. The molecule has 0 atom stereocenters. The Kier molecular flexibility index (Phi) is 9.97. The van der Waals surface area contributed by atoms with Crippen LogP contribution in [0.2, 0.25) is 0 Å². The lowest BCUT2D eigenvalue weighted by Crippen LogP contribution is -2.41. The number of aromatic nitrogens is 1. The molecule has 6 nitrogen and oxygen atoms in total. The molecular formula is C22H28ClN3O3S3. The summed E-state index contributed by atoms with van der Waals surface area (Å²) in [7, 11) is -3.73. The van der Waals surface area contributed by atoms with Crippen LogP contribution in [-0.2, 0) is 14.6 Å². The monoisotopic (exact) mass is 513 g/mol. The molecule has 3 aromatic rings. The molecule has 174 valence electrons. The summed E-state index contributed by atoms with van der Waals surface area (Å²) in [5.41, 5.74) is 0.810. The molecule has 0 aliphatic carbocycles. The zero-order chi connectivity index (χ0) is 22.4. The van der Waals surface area contributed by atoms with E-state index in [0.717, 1.165) is 28.2 Å². The number of halogens is 1. The summed E-state index contributed by atoms with van der Waals surface area (Å²) in [5.74, 6) is -1.04. The maximum atomic E-state index is 13.2. The van der Waals surface area contributed by atoms with Crippen molar-refractivity contribution in [3.8, 4) is 0 Å². The third-order valence-electron chi connectivity index (χ3n) is 5.07. The molecule has 0 fully saturated rings. The lowest BCUT2D eigenvalue weighted by atomic mass is 10.3. The Labute approximate surface area is 204 Å². The lowest BCUT2D eigenvalue weighted by Gasteiger charge is -2.24. The summed E-state index contributed by atoms with van der Waals surface area (Å²) in [6.07, 6.45) is 2.01. The van der Waals surface area contributed by atoms with Crippen LogP contribution in [0.4, 0.5) is 5.13 Å². The van der Waals surface area contributed by atoms with Crippen LogP contribution in [0.1, 0.15) is 13.8 Å². The van der Waals surface area contributed by atoms with Gasteiger partial charge in [-0.1, -0.05) is 43.4 Å². The molecule has 1 aromatic heterocycles.